The lowest BCUT2D eigenvalue weighted by molar-refractivity contribution is -0.144. The number of alkyl carbamates (subject to hydrolysis) is 1. The van der Waals surface area contributed by atoms with E-state index in [1.807, 2.05) is 20.8 Å². The van der Waals surface area contributed by atoms with E-state index in [0.29, 0.717) is 18.5 Å². The zero-order valence-corrected chi connectivity index (χ0v) is 33.5. The van der Waals surface area contributed by atoms with E-state index < -0.39 is 64.5 Å². The maximum absolute atomic E-state index is 14.0. The topological polar surface area (TPSA) is 159 Å². The van der Waals surface area contributed by atoms with E-state index in [9.17, 15) is 33.6 Å². The van der Waals surface area contributed by atoms with Crippen LogP contribution in [0, 0.1) is 23.2 Å². The molecule has 6 atom stereocenters. The van der Waals surface area contributed by atoms with E-state index >= 15 is 0 Å². The maximum atomic E-state index is 14.0. The number of ether oxygens (including phenoxy) is 1. The van der Waals surface area contributed by atoms with Crippen molar-refractivity contribution in [2.45, 2.75) is 124 Å². The lowest BCUT2D eigenvalue weighted by atomic mass is 9.84. The quantitative estimate of drug-likeness (QED) is 0.164. The lowest BCUT2D eigenvalue weighted by Gasteiger charge is -2.37. The molecule has 2 aliphatic rings. The van der Waals surface area contributed by atoms with E-state index in [4.69, 9.17) is 4.74 Å². The first-order valence-corrected chi connectivity index (χ1v) is 18.7. The minimum atomic E-state index is -0.967. The third-order valence-corrected chi connectivity index (χ3v) is 9.05. The van der Waals surface area contributed by atoms with E-state index in [2.05, 4.69) is 31.1 Å². The zero-order chi connectivity index (χ0) is 40.3. The van der Waals surface area contributed by atoms with Gasteiger partial charge in [-0.2, -0.15) is 0 Å². The number of hydrogen-bond acceptors (Lipinski definition) is 8. The number of carbonyl (C=O) groups excluding carboxylic acids is 7. The fraction of sp³-hybridized carbons (Fsp3) is 0.634. The molecule has 12 heteroatoms. The van der Waals surface area contributed by atoms with Gasteiger partial charge in [-0.05, 0) is 62.8 Å². The predicted octanol–water partition coefficient (Wildman–Crippen LogP) is 5.59. The van der Waals surface area contributed by atoms with Crippen molar-refractivity contribution in [2.75, 3.05) is 20.6 Å². The molecule has 1 aliphatic heterocycles. The van der Waals surface area contributed by atoms with Gasteiger partial charge in [-0.15, -0.1) is 6.58 Å². The Hall–Kier alpha value is -4.35. The van der Waals surface area contributed by atoms with Gasteiger partial charge in [0.1, 0.15) is 17.7 Å². The third-order valence-electron chi connectivity index (χ3n) is 9.05. The number of ketones is 3. The van der Waals surface area contributed by atoms with Crippen molar-refractivity contribution < 1.29 is 38.3 Å². The Morgan fingerprint density at radius 1 is 0.962 bits per heavy atom. The number of hydrogen-bond donors (Lipinski definition) is 2. The second-order valence-electron chi connectivity index (χ2n) is 16.4. The van der Waals surface area contributed by atoms with Gasteiger partial charge in [0.2, 0.25) is 23.5 Å². The fourth-order valence-corrected chi connectivity index (χ4v) is 6.36. The molecule has 0 bridgehead atoms. The minimum absolute atomic E-state index is 0.0504. The average molecular weight is 739 g/mol. The maximum Gasteiger partial charge on any atom is 0.408 e. The van der Waals surface area contributed by atoms with Gasteiger partial charge in [-0.3, -0.25) is 28.8 Å². The monoisotopic (exact) mass is 738 g/mol. The number of benzene rings is 1. The Morgan fingerprint density at radius 3 is 2.09 bits per heavy atom. The molecule has 294 valence electrons. The molecule has 1 aromatic rings. The first kappa shape index (κ1) is 44.8. The molecule has 1 saturated heterocycles. The molecule has 1 unspecified atom stereocenters. The summed E-state index contributed by atoms with van der Waals surface area (Å²) in [6.07, 6.45) is 2.54. The van der Waals surface area contributed by atoms with Crippen molar-refractivity contribution in [3.8, 4) is 0 Å². The van der Waals surface area contributed by atoms with Crippen LogP contribution in [-0.2, 0) is 33.5 Å². The summed E-state index contributed by atoms with van der Waals surface area (Å²) in [5, 5.41) is 5.39. The van der Waals surface area contributed by atoms with Gasteiger partial charge in [0.15, 0.2) is 11.6 Å². The van der Waals surface area contributed by atoms with Crippen molar-refractivity contribution in [1.82, 2.24) is 20.4 Å². The van der Waals surface area contributed by atoms with E-state index in [0.717, 1.165) is 6.42 Å². The number of rotatable bonds is 16. The molecule has 0 radical (unpaired) electrons. The molecule has 2 N–H and O–H groups in total. The molecule has 4 amide bonds. The number of fused-ring (bicyclic) bond motifs is 1. The predicted molar refractivity (Wildman–Crippen MR) is 203 cm³/mol. The highest BCUT2D eigenvalue weighted by molar-refractivity contribution is 6.38. The highest BCUT2D eigenvalue weighted by Gasteiger charge is 2.58. The summed E-state index contributed by atoms with van der Waals surface area (Å²) >= 11 is 0. The summed E-state index contributed by atoms with van der Waals surface area (Å²) in [4.78, 5) is 95.8. The molecule has 1 aromatic carbocycles. The smallest absolute Gasteiger partial charge is 0.408 e. The van der Waals surface area contributed by atoms with Crippen LogP contribution in [0.1, 0.15) is 112 Å². The molecular formula is C41H62N4O8. The number of Topliss-reactive ketones (excluding diaryl/α,β-unsaturated/α-hetero) is 3. The van der Waals surface area contributed by atoms with Crippen molar-refractivity contribution in [3.05, 3.63) is 48.6 Å². The number of allylic oxidation sites excluding steroid dienone is 1. The Morgan fingerprint density at radius 2 is 1.57 bits per heavy atom. The van der Waals surface area contributed by atoms with Crippen LogP contribution < -0.4 is 10.6 Å². The molecule has 3 rings (SSSR count). The van der Waals surface area contributed by atoms with Gasteiger partial charge in [0.05, 0.1) is 6.04 Å². The normalized spacial score (nSPS) is 19.2. The summed E-state index contributed by atoms with van der Waals surface area (Å²) < 4.78 is 5.41. The minimum Gasteiger partial charge on any atom is -0.444 e. The molecule has 0 aromatic heterocycles. The molecular weight excluding hydrogens is 676 g/mol. The second kappa shape index (κ2) is 19.6. The summed E-state index contributed by atoms with van der Waals surface area (Å²) in [7, 11) is 3.15. The van der Waals surface area contributed by atoms with Crippen LogP contribution in [0.3, 0.4) is 0 Å². The molecule has 2 fully saturated rings. The summed E-state index contributed by atoms with van der Waals surface area (Å²) in [6, 6.07) is 6.02. The number of piperidine rings is 1. The van der Waals surface area contributed by atoms with E-state index in [1.54, 1.807) is 71.3 Å². The summed E-state index contributed by atoms with van der Waals surface area (Å²) in [5.74, 6) is -4.00. The van der Waals surface area contributed by atoms with Crippen LogP contribution in [0.5, 0.6) is 0 Å². The van der Waals surface area contributed by atoms with Crippen LogP contribution in [0.2, 0.25) is 0 Å². The van der Waals surface area contributed by atoms with E-state index in [1.165, 1.54) is 16.2 Å². The third kappa shape index (κ3) is 13.5. The number of amides is 4. The number of nitrogens with zero attached hydrogens (tertiary/aromatic N) is 2. The number of likely N-dealkylation sites (N-methyl/N-ethyl adjacent to an activating group) is 1. The van der Waals surface area contributed by atoms with Gasteiger partial charge in [-0.25, -0.2) is 4.79 Å². The molecule has 53 heavy (non-hydrogen) atoms. The first-order chi connectivity index (χ1) is 24.7. The Bertz CT molecular complexity index is 1480. The van der Waals surface area contributed by atoms with Gasteiger partial charge < -0.3 is 25.2 Å². The Balaban J connectivity index is 0.00000313. The van der Waals surface area contributed by atoms with E-state index in [-0.39, 0.29) is 49.2 Å². The molecule has 0 spiro atoms. The van der Waals surface area contributed by atoms with Crippen molar-refractivity contribution >= 4 is 41.2 Å². The SMILES string of the molecule is C=CCCC(CC(=O)[C@@H]1[C@H]2C[C@H]2CN1C(=O)[C@@H](NC(=O)OC(C)(C)C)C(C)(C)C)C(=O)C(=O)CCC(=O)N[C@H](C(=O)N(C)C)c1ccccc1.CCC. The average Bonchev–Trinajstić information content (AvgIpc) is 3.73. The molecule has 1 heterocycles. The van der Waals surface area contributed by atoms with Crippen LogP contribution in [0.4, 0.5) is 4.79 Å². The highest BCUT2D eigenvalue weighted by Crippen LogP contribution is 2.50. The standard InChI is InChI=1S/C38H54N4O8.C3H8/c1-10-11-15-24(32(46)27(43)18-19-29(45)39-30(34(47)41(8)9)23-16-13-12-14-17-23)21-28(44)31-26-20-25(26)22-42(31)35(48)33(37(2,3)4)40-36(49)50-38(5,6)7;1-3-2/h10,12-14,16-17,24-26,30-31,33H,1,11,15,18-22H2,2-9H3,(H,39,45)(H,40,49);3H2,1-2H3/t24?,25-,26-,30-,31-,33+;/m0./s1. The van der Waals surface area contributed by atoms with Crippen LogP contribution in [0.25, 0.3) is 0 Å². The lowest BCUT2D eigenvalue weighted by Crippen LogP contribution is -2.58. The number of nitrogens with one attached hydrogen (secondary N) is 2. The van der Waals surface area contributed by atoms with Crippen molar-refractivity contribution in [2.24, 2.45) is 23.2 Å². The van der Waals surface area contributed by atoms with Crippen molar-refractivity contribution in [3.63, 3.8) is 0 Å². The Kier molecular flexibility index (Phi) is 16.6. The van der Waals surface area contributed by atoms with Crippen LogP contribution in [-0.4, -0.2) is 89.3 Å². The number of carbonyl (C=O) groups is 7. The first-order valence-electron chi connectivity index (χ1n) is 18.7. The molecule has 1 aliphatic carbocycles. The zero-order valence-electron chi connectivity index (χ0n) is 33.5. The van der Waals surface area contributed by atoms with Gasteiger partial charge in [0, 0.05) is 45.8 Å². The summed E-state index contributed by atoms with van der Waals surface area (Å²) in [5.41, 5.74) is -0.888. The number of likely N-dealkylation sites (tertiary alicyclic amines) is 1. The second-order valence-corrected chi connectivity index (χ2v) is 16.4. The van der Waals surface area contributed by atoms with Gasteiger partial charge in [-0.1, -0.05) is 77.4 Å². The van der Waals surface area contributed by atoms with Gasteiger partial charge in [0.25, 0.3) is 0 Å². The fourth-order valence-electron chi connectivity index (χ4n) is 6.36. The van der Waals surface area contributed by atoms with Gasteiger partial charge >= 0.3 is 6.09 Å². The molecule has 12 nitrogen and oxygen atoms in total. The summed E-state index contributed by atoms with van der Waals surface area (Å²) in [6.45, 7) is 19.0. The van der Waals surface area contributed by atoms with Crippen LogP contribution in [0.15, 0.2) is 43.0 Å². The highest BCUT2D eigenvalue weighted by atomic mass is 16.6. The Labute approximate surface area is 315 Å². The molecule has 1 saturated carbocycles. The van der Waals surface area contributed by atoms with Crippen molar-refractivity contribution in [1.29, 1.82) is 0 Å². The van der Waals surface area contributed by atoms with Crippen LogP contribution >= 0.6 is 0 Å². The largest absolute Gasteiger partial charge is 0.444 e.